The van der Waals surface area contributed by atoms with E-state index in [4.69, 9.17) is 11.0 Å². The molecular weight excluding hydrogens is 234 g/mol. The van der Waals surface area contributed by atoms with Crippen LogP contribution < -0.4 is 5.73 Å². The number of hydrogen-bond acceptors (Lipinski definition) is 3. The minimum atomic E-state index is 0.424. The quantitative estimate of drug-likeness (QED) is 0.902. The predicted molar refractivity (Wildman–Crippen MR) is 77.5 cm³/mol. The Labute approximate surface area is 116 Å². The monoisotopic (exact) mass is 257 g/mol. The van der Waals surface area contributed by atoms with Gasteiger partial charge in [-0.25, -0.2) is 0 Å². The van der Waals surface area contributed by atoms with E-state index in [2.05, 4.69) is 30.0 Å². The summed E-state index contributed by atoms with van der Waals surface area (Å²) in [5, 5.41) is 8.84. The van der Waals surface area contributed by atoms with E-state index in [0.717, 1.165) is 31.0 Å². The minimum absolute atomic E-state index is 0.424. The summed E-state index contributed by atoms with van der Waals surface area (Å²) in [6.45, 7) is 5.37. The first-order chi connectivity index (χ1) is 9.24. The highest BCUT2D eigenvalue weighted by atomic mass is 15.2. The number of nitrogens with zero attached hydrogens (tertiary/aromatic N) is 2. The third-order valence-electron chi connectivity index (χ3n) is 4.20. The van der Waals surface area contributed by atoms with Crippen LogP contribution in [0.2, 0.25) is 0 Å². The van der Waals surface area contributed by atoms with Gasteiger partial charge in [-0.3, -0.25) is 4.90 Å². The van der Waals surface area contributed by atoms with Gasteiger partial charge in [0.25, 0.3) is 0 Å². The summed E-state index contributed by atoms with van der Waals surface area (Å²) in [5.74, 6) is 0.750. The second kappa shape index (κ2) is 6.70. The molecule has 0 saturated carbocycles. The van der Waals surface area contributed by atoms with Crippen molar-refractivity contribution < 1.29 is 0 Å². The number of nitriles is 1. The fraction of sp³-hybridized carbons (Fsp3) is 0.562. The SMILES string of the molecule is CC(c1ccc(C#N)cc1)N1CCCC(CCN)C1. The van der Waals surface area contributed by atoms with Crippen LogP contribution in [0.1, 0.15) is 43.4 Å². The molecule has 1 saturated heterocycles. The van der Waals surface area contributed by atoms with Gasteiger partial charge in [-0.1, -0.05) is 12.1 Å². The van der Waals surface area contributed by atoms with E-state index in [1.54, 1.807) is 0 Å². The number of likely N-dealkylation sites (tertiary alicyclic amines) is 1. The Balaban J connectivity index is 2.01. The van der Waals surface area contributed by atoms with Crippen LogP contribution >= 0.6 is 0 Å². The van der Waals surface area contributed by atoms with Gasteiger partial charge in [-0.05, 0) is 62.9 Å². The lowest BCUT2D eigenvalue weighted by atomic mass is 9.92. The van der Waals surface area contributed by atoms with Gasteiger partial charge >= 0.3 is 0 Å². The largest absolute Gasteiger partial charge is 0.330 e. The summed E-state index contributed by atoms with van der Waals surface area (Å²) < 4.78 is 0. The van der Waals surface area contributed by atoms with Crippen LogP contribution in [-0.2, 0) is 0 Å². The molecule has 0 spiro atoms. The number of nitrogens with two attached hydrogens (primary N) is 1. The lowest BCUT2D eigenvalue weighted by Crippen LogP contribution is -2.37. The van der Waals surface area contributed by atoms with Crippen molar-refractivity contribution in [2.24, 2.45) is 11.7 Å². The van der Waals surface area contributed by atoms with Gasteiger partial charge in [0.05, 0.1) is 11.6 Å². The molecule has 3 nitrogen and oxygen atoms in total. The van der Waals surface area contributed by atoms with Gasteiger partial charge in [0.1, 0.15) is 0 Å². The molecule has 1 aliphatic heterocycles. The summed E-state index contributed by atoms with van der Waals surface area (Å²) in [7, 11) is 0. The van der Waals surface area contributed by atoms with E-state index < -0.39 is 0 Å². The standard InChI is InChI=1S/C16H23N3/c1-13(16-6-4-14(11-18)5-7-16)19-10-2-3-15(12-19)8-9-17/h4-7,13,15H,2-3,8-10,12,17H2,1H3. The molecule has 1 heterocycles. The molecule has 2 atom stereocenters. The highest BCUT2D eigenvalue weighted by Gasteiger charge is 2.23. The van der Waals surface area contributed by atoms with E-state index in [0.29, 0.717) is 6.04 Å². The molecule has 0 aromatic heterocycles. The Kier molecular flexibility index (Phi) is 4.95. The maximum absolute atomic E-state index is 8.84. The van der Waals surface area contributed by atoms with Gasteiger partial charge in [0.2, 0.25) is 0 Å². The lowest BCUT2D eigenvalue weighted by molar-refractivity contribution is 0.128. The van der Waals surface area contributed by atoms with Gasteiger partial charge in [-0.15, -0.1) is 0 Å². The topological polar surface area (TPSA) is 53.0 Å². The fourth-order valence-electron chi connectivity index (χ4n) is 2.97. The molecule has 1 aromatic carbocycles. The molecule has 3 heteroatoms. The molecule has 1 aromatic rings. The second-order valence-electron chi connectivity index (χ2n) is 5.49. The maximum atomic E-state index is 8.84. The molecule has 19 heavy (non-hydrogen) atoms. The van der Waals surface area contributed by atoms with E-state index in [1.807, 2.05) is 12.1 Å². The van der Waals surface area contributed by atoms with Gasteiger partial charge < -0.3 is 5.73 Å². The van der Waals surface area contributed by atoms with E-state index >= 15 is 0 Å². The van der Waals surface area contributed by atoms with E-state index in [-0.39, 0.29) is 0 Å². The highest BCUT2D eigenvalue weighted by Crippen LogP contribution is 2.27. The summed E-state index contributed by atoms with van der Waals surface area (Å²) in [6.07, 6.45) is 3.72. The van der Waals surface area contributed by atoms with Crippen molar-refractivity contribution >= 4 is 0 Å². The minimum Gasteiger partial charge on any atom is -0.330 e. The third kappa shape index (κ3) is 3.56. The summed E-state index contributed by atoms with van der Waals surface area (Å²) in [4.78, 5) is 2.55. The van der Waals surface area contributed by atoms with Crippen molar-refractivity contribution in [1.29, 1.82) is 5.26 Å². The van der Waals surface area contributed by atoms with Crippen LogP contribution in [0.5, 0.6) is 0 Å². The third-order valence-corrected chi connectivity index (χ3v) is 4.20. The van der Waals surface area contributed by atoms with Crippen LogP contribution in [-0.4, -0.2) is 24.5 Å². The molecule has 0 radical (unpaired) electrons. The van der Waals surface area contributed by atoms with Crippen molar-refractivity contribution in [2.45, 2.75) is 32.2 Å². The Hall–Kier alpha value is -1.37. The fourth-order valence-corrected chi connectivity index (χ4v) is 2.97. The number of rotatable bonds is 4. The van der Waals surface area contributed by atoms with Crippen LogP contribution in [0, 0.1) is 17.2 Å². The predicted octanol–water partition coefficient (Wildman–Crippen LogP) is 2.68. The second-order valence-corrected chi connectivity index (χ2v) is 5.49. The lowest BCUT2D eigenvalue weighted by Gasteiger charge is -2.37. The first kappa shape index (κ1) is 14.0. The number of hydrogen-bond donors (Lipinski definition) is 1. The molecule has 2 N–H and O–H groups in total. The van der Waals surface area contributed by atoms with Crippen molar-refractivity contribution in [2.75, 3.05) is 19.6 Å². The summed E-state index contributed by atoms with van der Waals surface area (Å²) >= 11 is 0. The highest BCUT2D eigenvalue weighted by molar-refractivity contribution is 5.32. The van der Waals surface area contributed by atoms with Crippen LogP contribution in [0.25, 0.3) is 0 Å². The number of piperidine rings is 1. The van der Waals surface area contributed by atoms with Crippen LogP contribution in [0.4, 0.5) is 0 Å². The van der Waals surface area contributed by atoms with Crippen molar-refractivity contribution in [1.82, 2.24) is 4.90 Å². The average Bonchev–Trinajstić information content (AvgIpc) is 2.47. The molecule has 102 valence electrons. The first-order valence-corrected chi connectivity index (χ1v) is 7.18. The normalized spacial score (nSPS) is 21.8. The molecule has 1 fully saturated rings. The zero-order valence-corrected chi connectivity index (χ0v) is 11.7. The van der Waals surface area contributed by atoms with E-state index in [1.165, 1.54) is 24.9 Å². The smallest absolute Gasteiger partial charge is 0.0991 e. The molecular formula is C16H23N3. The summed E-state index contributed by atoms with van der Waals surface area (Å²) in [6, 6.07) is 10.6. The van der Waals surface area contributed by atoms with Crippen LogP contribution in [0.3, 0.4) is 0 Å². The Morgan fingerprint density at radius 3 is 2.79 bits per heavy atom. The van der Waals surface area contributed by atoms with Gasteiger partial charge in [-0.2, -0.15) is 5.26 Å². The Morgan fingerprint density at radius 1 is 1.42 bits per heavy atom. The molecule has 1 aliphatic rings. The van der Waals surface area contributed by atoms with E-state index in [9.17, 15) is 0 Å². The van der Waals surface area contributed by atoms with Crippen molar-refractivity contribution in [3.8, 4) is 6.07 Å². The first-order valence-electron chi connectivity index (χ1n) is 7.18. The average molecular weight is 257 g/mol. The maximum Gasteiger partial charge on any atom is 0.0991 e. The molecule has 2 unspecified atom stereocenters. The van der Waals surface area contributed by atoms with Gasteiger partial charge in [0.15, 0.2) is 0 Å². The number of benzene rings is 1. The molecule has 0 aliphatic carbocycles. The zero-order chi connectivity index (χ0) is 13.7. The molecule has 0 bridgehead atoms. The summed E-state index contributed by atoms with van der Waals surface area (Å²) in [5.41, 5.74) is 7.71. The molecule has 0 amide bonds. The zero-order valence-electron chi connectivity index (χ0n) is 11.7. The Bertz CT molecular complexity index is 430. The van der Waals surface area contributed by atoms with Crippen molar-refractivity contribution in [3.05, 3.63) is 35.4 Å². The Morgan fingerprint density at radius 2 is 2.16 bits per heavy atom. The van der Waals surface area contributed by atoms with Crippen LogP contribution in [0.15, 0.2) is 24.3 Å². The van der Waals surface area contributed by atoms with Gasteiger partial charge in [0, 0.05) is 12.6 Å². The van der Waals surface area contributed by atoms with Crippen molar-refractivity contribution in [3.63, 3.8) is 0 Å². The molecule has 2 rings (SSSR count).